The monoisotopic (exact) mass is 563 g/mol. The first-order valence-electron chi connectivity index (χ1n) is 14.3. The molecule has 1 N–H and O–H groups in total. The number of amides is 3. The number of morpholine rings is 1. The first-order chi connectivity index (χ1) is 20.0. The Morgan fingerprint density at radius 3 is 2.29 bits per heavy atom. The van der Waals surface area contributed by atoms with Gasteiger partial charge in [0, 0.05) is 63.6 Å². The first-order valence-corrected chi connectivity index (χ1v) is 14.3. The Hall–Kier alpha value is -3.97. The van der Waals surface area contributed by atoms with Crippen LogP contribution in [0.3, 0.4) is 0 Å². The van der Waals surface area contributed by atoms with Gasteiger partial charge in [0.2, 0.25) is 5.95 Å². The van der Waals surface area contributed by atoms with Crippen molar-refractivity contribution in [2.24, 2.45) is 0 Å². The first kappa shape index (κ1) is 27.2. The number of anilines is 2. The third-order valence-electron chi connectivity index (χ3n) is 8.18. The molecule has 5 heterocycles. The maximum Gasteiger partial charge on any atom is 0.411 e. The average molecular weight is 564 g/mol. The van der Waals surface area contributed by atoms with Crippen LogP contribution in [-0.2, 0) is 9.47 Å². The quantitative estimate of drug-likeness (QED) is 0.510. The summed E-state index contributed by atoms with van der Waals surface area (Å²) in [6.45, 7) is 7.47. The fraction of sp³-hybridized carbons (Fsp3) is 0.536. The summed E-state index contributed by atoms with van der Waals surface area (Å²) in [6.07, 6.45) is 2.96. The molecular weight excluding hydrogens is 526 g/mol. The van der Waals surface area contributed by atoms with E-state index >= 15 is 0 Å². The number of benzene rings is 1. The molecular formula is C28H37N9O4. The molecule has 0 unspecified atom stereocenters. The molecule has 0 bridgehead atoms. The van der Waals surface area contributed by atoms with E-state index in [1.165, 1.54) is 7.11 Å². The van der Waals surface area contributed by atoms with Crippen molar-refractivity contribution in [3.63, 3.8) is 0 Å². The Morgan fingerprint density at radius 1 is 0.927 bits per heavy atom. The number of likely N-dealkylation sites (N-methyl/N-ethyl adjacent to an activating group) is 1. The van der Waals surface area contributed by atoms with Gasteiger partial charge in [-0.1, -0.05) is 12.1 Å². The molecule has 0 spiro atoms. The van der Waals surface area contributed by atoms with Gasteiger partial charge < -0.3 is 29.1 Å². The Kier molecular flexibility index (Phi) is 7.88. The summed E-state index contributed by atoms with van der Waals surface area (Å²) >= 11 is 0. The van der Waals surface area contributed by atoms with Gasteiger partial charge in [-0.25, -0.2) is 19.3 Å². The molecule has 0 radical (unpaired) electrons. The smallest absolute Gasteiger partial charge is 0.411 e. The Morgan fingerprint density at radius 2 is 1.61 bits per heavy atom. The lowest BCUT2D eigenvalue weighted by Gasteiger charge is -2.39. The van der Waals surface area contributed by atoms with Crippen LogP contribution in [0.25, 0.3) is 22.3 Å². The van der Waals surface area contributed by atoms with Gasteiger partial charge >= 0.3 is 12.1 Å². The Balaban J connectivity index is 1.26. The van der Waals surface area contributed by atoms with Gasteiger partial charge in [0.05, 0.1) is 43.6 Å². The minimum atomic E-state index is -0.519. The van der Waals surface area contributed by atoms with Crippen LogP contribution in [0.15, 0.2) is 30.5 Å². The van der Waals surface area contributed by atoms with Crippen molar-refractivity contribution < 1.29 is 19.1 Å². The normalized spacial score (nSPS) is 19.0. The van der Waals surface area contributed by atoms with Gasteiger partial charge in [0.25, 0.3) is 0 Å². The van der Waals surface area contributed by atoms with Gasteiger partial charge in [0.15, 0.2) is 5.65 Å². The van der Waals surface area contributed by atoms with E-state index in [9.17, 15) is 9.59 Å². The van der Waals surface area contributed by atoms with E-state index in [-0.39, 0.29) is 12.1 Å². The van der Waals surface area contributed by atoms with Crippen molar-refractivity contribution in [3.05, 3.63) is 30.5 Å². The van der Waals surface area contributed by atoms with Crippen molar-refractivity contribution in [2.45, 2.75) is 18.9 Å². The number of nitrogens with zero attached hydrogens (tertiary/aromatic N) is 8. The molecule has 3 amide bonds. The zero-order chi connectivity index (χ0) is 28.3. The van der Waals surface area contributed by atoms with Crippen LogP contribution in [0.5, 0.6) is 0 Å². The second-order valence-corrected chi connectivity index (χ2v) is 10.8. The fourth-order valence-corrected chi connectivity index (χ4v) is 5.69. The molecule has 3 saturated heterocycles. The molecule has 3 aromatic rings. The van der Waals surface area contributed by atoms with Crippen molar-refractivity contribution in [3.8, 4) is 11.3 Å². The second-order valence-electron chi connectivity index (χ2n) is 10.8. The molecule has 0 aliphatic carbocycles. The van der Waals surface area contributed by atoms with E-state index in [1.807, 2.05) is 44.9 Å². The summed E-state index contributed by atoms with van der Waals surface area (Å²) in [5, 5.41) is 8.36. The molecule has 41 heavy (non-hydrogen) atoms. The number of piperazine rings is 1. The van der Waals surface area contributed by atoms with Crippen molar-refractivity contribution >= 4 is 34.8 Å². The number of hydrogen-bond donors (Lipinski definition) is 1. The topological polar surface area (TPSA) is 121 Å². The van der Waals surface area contributed by atoms with Gasteiger partial charge in [-0.05, 0) is 32.0 Å². The van der Waals surface area contributed by atoms with E-state index < -0.39 is 6.09 Å². The van der Waals surface area contributed by atoms with Crippen molar-refractivity contribution in [2.75, 3.05) is 89.9 Å². The minimum Gasteiger partial charge on any atom is -0.453 e. The van der Waals surface area contributed by atoms with Crippen LogP contribution < -0.4 is 10.2 Å². The molecule has 3 fully saturated rings. The highest BCUT2D eigenvalue weighted by Crippen LogP contribution is 2.33. The number of urea groups is 1. The number of likely N-dealkylation sites (tertiary alicyclic amines) is 1. The third-order valence-corrected chi connectivity index (χ3v) is 8.18. The highest BCUT2D eigenvalue weighted by Gasteiger charge is 2.30. The molecule has 0 atom stereocenters. The zero-order valence-electron chi connectivity index (χ0n) is 23.7. The summed E-state index contributed by atoms with van der Waals surface area (Å²) in [7, 11) is 3.43. The summed E-state index contributed by atoms with van der Waals surface area (Å²) in [5.74, 6) is 0.650. The highest BCUT2D eigenvalue weighted by atomic mass is 16.5. The van der Waals surface area contributed by atoms with Crippen LogP contribution in [-0.4, -0.2) is 126 Å². The standard InChI is InChI=1S/C28H37N9O4/c1-33-11-13-36(14-12-33)28(39)35-9-7-22(8-10-35)37-25-23(19-29-37)24(31-26(32-25)34-15-17-41-18-16-34)20-3-5-21(6-4-20)30-27(38)40-2/h3-6,19,22H,7-18H2,1-2H3,(H,30,38). The van der Waals surface area contributed by atoms with Gasteiger partial charge in [-0.15, -0.1) is 0 Å². The fourth-order valence-electron chi connectivity index (χ4n) is 5.69. The number of rotatable bonds is 4. The molecule has 3 aliphatic heterocycles. The maximum atomic E-state index is 13.1. The molecule has 13 nitrogen and oxygen atoms in total. The summed E-state index contributed by atoms with van der Waals surface area (Å²) in [4.78, 5) is 43.1. The van der Waals surface area contributed by atoms with Gasteiger partial charge in [-0.2, -0.15) is 10.1 Å². The predicted molar refractivity (Wildman–Crippen MR) is 154 cm³/mol. The second kappa shape index (κ2) is 11.9. The third kappa shape index (κ3) is 5.77. The molecule has 0 saturated carbocycles. The minimum absolute atomic E-state index is 0.135. The number of fused-ring (bicyclic) bond motifs is 1. The van der Waals surface area contributed by atoms with Crippen LogP contribution in [0.1, 0.15) is 18.9 Å². The zero-order valence-corrected chi connectivity index (χ0v) is 23.7. The maximum absolute atomic E-state index is 13.1. The average Bonchev–Trinajstić information content (AvgIpc) is 3.45. The van der Waals surface area contributed by atoms with E-state index in [4.69, 9.17) is 24.5 Å². The lowest BCUT2D eigenvalue weighted by Crippen LogP contribution is -2.53. The number of ether oxygens (including phenoxy) is 2. The molecule has 13 heteroatoms. The van der Waals surface area contributed by atoms with Crippen LogP contribution in [0, 0.1) is 0 Å². The number of methoxy groups -OCH3 is 1. The van der Waals surface area contributed by atoms with Crippen LogP contribution in [0.4, 0.5) is 21.2 Å². The number of carbonyl (C=O) groups is 2. The number of hydrogen-bond acceptors (Lipinski definition) is 9. The molecule has 2 aromatic heterocycles. The van der Waals surface area contributed by atoms with Gasteiger partial charge in [-0.3, -0.25) is 5.32 Å². The molecule has 218 valence electrons. The molecule has 3 aliphatic rings. The van der Waals surface area contributed by atoms with Gasteiger partial charge in [0.1, 0.15) is 0 Å². The molecule has 1 aromatic carbocycles. The predicted octanol–water partition coefficient (Wildman–Crippen LogP) is 2.51. The molecule has 6 rings (SSSR count). The van der Waals surface area contributed by atoms with Crippen molar-refractivity contribution in [1.29, 1.82) is 0 Å². The number of piperidine rings is 1. The van der Waals surface area contributed by atoms with Crippen LogP contribution >= 0.6 is 0 Å². The number of nitrogens with one attached hydrogen (secondary N) is 1. The van der Waals surface area contributed by atoms with E-state index in [0.717, 1.165) is 61.3 Å². The Bertz CT molecular complexity index is 1370. The lowest BCUT2D eigenvalue weighted by atomic mass is 10.1. The summed E-state index contributed by atoms with van der Waals surface area (Å²) < 4.78 is 12.3. The summed E-state index contributed by atoms with van der Waals surface area (Å²) in [5.41, 5.74) is 3.11. The van der Waals surface area contributed by atoms with E-state index in [0.29, 0.717) is 51.0 Å². The lowest BCUT2D eigenvalue weighted by molar-refractivity contribution is 0.108. The number of aromatic nitrogens is 4. The highest BCUT2D eigenvalue weighted by molar-refractivity contribution is 5.92. The van der Waals surface area contributed by atoms with Crippen LogP contribution in [0.2, 0.25) is 0 Å². The summed E-state index contributed by atoms with van der Waals surface area (Å²) in [6, 6.07) is 7.78. The van der Waals surface area contributed by atoms with E-state index in [1.54, 1.807) is 0 Å². The largest absolute Gasteiger partial charge is 0.453 e. The number of carbonyl (C=O) groups excluding carboxylic acids is 2. The SMILES string of the molecule is COC(=O)Nc1ccc(-c2nc(N3CCOCC3)nc3c2cnn3C2CCN(C(=O)N3CCN(C)CC3)CC2)cc1. The van der Waals surface area contributed by atoms with E-state index in [2.05, 4.69) is 22.2 Å². The van der Waals surface area contributed by atoms with Crippen molar-refractivity contribution in [1.82, 2.24) is 34.4 Å². The Labute approximate surface area is 239 Å².